The van der Waals surface area contributed by atoms with E-state index in [1.807, 2.05) is 30.3 Å². The molecule has 1 unspecified atom stereocenters. The molecule has 3 aromatic rings. The summed E-state index contributed by atoms with van der Waals surface area (Å²) in [6, 6.07) is 17.9. The molecular weight excluding hydrogens is 406 g/mol. The number of benzene rings is 2. The van der Waals surface area contributed by atoms with Gasteiger partial charge in [-0.15, -0.1) is 0 Å². The summed E-state index contributed by atoms with van der Waals surface area (Å²) in [6.07, 6.45) is 3.65. The Bertz CT molecular complexity index is 1080. The van der Waals surface area contributed by atoms with Crippen LogP contribution in [0.15, 0.2) is 73.1 Å². The second-order valence-electron chi connectivity index (χ2n) is 7.77. The Morgan fingerprint density at radius 1 is 0.781 bits per heavy atom. The predicted octanol–water partition coefficient (Wildman–Crippen LogP) is 2.72. The second-order valence-corrected chi connectivity index (χ2v) is 7.77. The van der Waals surface area contributed by atoms with E-state index in [1.165, 1.54) is 4.90 Å². The van der Waals surface area contributed by atoms with E-state index in [0.29, 0.717) is 43.6 Å². The van der Waals surface area contributed by atoms with E-state index in [0.717, 1.165) is 5.75 Å². The van der Waals surface area contributed by atoms with Crippen LogP contribution in [-0.2, 0) is 9.59 Å². The van der Waals surface area contributed by atoms with E-state index < -0.39 is 6.04 Å². The Hall–Kier alpha value is -3.78. The summed E-state index contributed by atoms with van der Waals surface area (Å²) in [5.41, 5.74) is 0.569. The predicted molar refractivity (Wildman–Crippen MR) is 120 cm³/mol. The summed E-state index contributed by atoms with van der Waals surface area (Å²) in [4.78, 5) is 39.9. The van der Waals surface area contributed by atoms with Gasteiger partial charge < -0.3 is 9.64 Å². The maximum Gasteiger partial charge on any atom is 0.251 e. The number of nitrogens with zero attached hydrogens (tertiary/aromatic N) is 5. The molecule has 0 bridgehead atoms. The van der Waals surface area contributed by atoms with Crippen LogP contribution in [0.25, 0.3) is 0 Å². The molecule has 5 rings (SSSR count). The maximum atomic E-state index is 13.1. The lowest BCUT2D eigenvalue weighted by atomic mass is 10.2. The van der Waals surface area contributed by atoms with Gasteiger partial charge in [0.15, 0.2) is 0 Å². The fraction of sp³-hybridized carbons (Fsp3) is 0.250. The average Bonchev–Trinajstić information content (AvgIpc) is 3.15. The molecule has 8 heteroatoms. The van der Waals surface area contributed by atoms with Crippen LogP contribution in [0.5, 0.6) is 11.5 Å². The van der Waals surface area contributed by atoms with Gasteiger partial charge in [0.1, 0.15) is 11.5 Å². The third-order valence-corrected chi connectivity index (χ3v) is 5.79. The zero-order valence-electron chi connectivity index (χ0n) is 17.5. The van der Waals surface area contributed by atoms with Crippen molar-refractivity contribution in [1.82, 2.24) is 14.9 Å². The number of ether oxygens (including phenoxy) is 1. The lowest BCUT2D eigenvalue weighted by Gasteiger charge is -2.36. The monoisotopic (exact) mass is 429 g/mol. The van der Waals surface area contributed by atoms with Crippen LogP contribution in [0, 0.1) is 0 Å². The number of piperazine rings is 1. The first-order valence-corrected chi connectivity index (χ1v) is 10.6. The van der Waals surface area contributed by atoms with Crippen molar-refractivity contribution < 1.29 is 14.3 Å². The number of hydrogen-bond donors (Lipinski definition) is 0. The molecular formula is C24H23N5O3. The van der Waals surface area contributed by atoms with Gasteiger partial charge in [-0.2, -0.15) is 0 Å². The van der Waals surface area contributed by atoms with Gasteiger partial charge in [-0.3, -0.25) is 14.5 Å². The topological polar surface area (TPSA) is 78.9 Å². The molecule has 0 N–H and O–H groups in total. The number of anilines is 2. The van der Waals surface area contributed by atoms with Gasteiger partial charge in [-0.25, -0.2) is 14.9 Å². The largest absolute Gasteiger partial charge is 0.457 e. The highest BCUT2D eigenvalue weighted by molar-refractivity contribution is 6.22. The Morgan fingerprint density at radius 3 is 2.12 bits per heavy atom. The van der Waals surface area contributed by atoms with Gasteiger partial charge in [-0.05, 0) is 42.5 Å². The summed E-state index contributed by atoms with van der Waals surface area (Å²) in [5.74, 6) is 1.73. The highest BCUT2D eigenvalue weighted by atomic mass is 16.5. The first kappa shape index (κ1) is 20.1. The molecule has 2 aromatic carbocycles. The quantitative estimate of drug-likeness (QED) is 0.577. The van der Waals surface area contributed by atoms with Crippen LogP contribution in [0.2, 0.25) is 0 Å². The van der Waals surface area contributed by atoms with E-state index >= 15 is 0 Å². The minimum Gasteiger partial charge on any atom is -0.457 e. The third kappa shape index (κ3) is 4.04. The standard InChI is InChI=1S/C24H23N5O3/c30-22-17-21(27-13-15-28(16-14-27)24-25-11-4-12-26-24)23(31)29(22)18-7-9-20(10-8-18)32-19-5-2-1-3-6-19/h1-12,21H,13-17H2. The van der Waals surface area contributed by atoms with Crippen LogP contribution in [0.1, 0.15) is 6.42 Å². The zero-order chi connectivity index (χ0) is 21.9. The molecule has 0 radical (unpaired) electrons. The molecule has 2 aliphatic rings. The second kappa shape index (κ2) is 8.76. The van der Waals surface area contributed by atoms with Crippen LogP contribution < -0.4 is 14.5 Å². The van der Waals surface area contributed by atoms with Gasteiger partial charge in [-0.1, -0.05) is 18.2 Å². The number of carbonyl (C=O) groups is 2. The molecule has 2 fully saturated rings. The van der Waals surface area contributed by atoms with Crippen LogP contribution in [0.4, 0.5) is 11.6 Å². The highest BCUT2D eigenvalue weighted by Gasteiger charge is 2.43. The fourth-order valence-electron chi connectivity index (χ4n) is 4.15. The SMILES string of the molecule is O=C1CC(N2CCN(c3ncccn3)CC2)C(=O)N1c1ccc(Oc2ccccc2)cc1. The lowest BCUT2D eigenvalue weighted by Crippen LogP contribution is -2.53. The van der Waals surface area contributed by atoms with Gasteiger partial charge in [0.05, 0.1) is 18.2 Å². The Morgan fingerprint density at radius 2 is 1.44 bits per heavy atom. The number of imide groups is 1. The summed E-state index contributed by atoms with van der Waals surface area (Å²) in [7, 11) is 0. The minimum absolute atomic E-state index is 0.170. The summed E-state index contributed by atoms with van der Waals surface area (Å²) < 4.78 is 5.80. The number of para-hydroxylation sites is 1. The summed E-state index contributed by atoms with van der Waals surface area (Å²) >= 11 is 0. The first-order valence-electron chi connectivity index (χ1n) is 10.6. The van der Waals surface area contributed by atoms with Crippen molar-refractivity contribution in [2.75, 3.05) is 36.0 Å². The molecule has 162 valence electrons. The van der Waals surface area contributed by atoms with E-state index in [4.69, 9.17) is 4.74 Å². The van der Waals surface area contributed by atoms with Crippen molar-refractivity contribution in [2.24, 2.45) is 0 Å². The van der Waals surface area contributed by atoms with Crippen molar-refractivity contribution in [3.63, 3.8) is 0 Å². The normalized spacial score (nSPS) is 19.4. The zero-order valence-corrected chi connectivity index (χ0v) is 17.5. The molecule has 8 nitrogen and oxygen atoms in total. The number of amides is 2. The molecule has 1 atom stereocenters. The average molecular weight is 429 g/mol. The highest BCUT2D eigenvalue weighted by Crippen LogP contribution is 2.29. The van der Waals surface area contributed by atoms with E-state index in [1.54, 1.807) is 42.7 Å². The third-order valence-electron chi connectivity index (χ3n) is 5.79. The van der Waals surface area contributed by atoms with Gasteiger partial charge in [0, 0.05) is 38.6 Å². The Balaban J connectivity index is 1.23. The molecule has 0 spiro atoms. The van der Waals surface area contributed by atoms with Crippen LogP contribution >= 0.6 is 0 Å². The smallest absolute Gasteiger partial charge is 0.251 e. The summed E-state index contributed by atoms with van der Waals surface area (Å²) in [6.45, 7) is 2.79. The number of hydrogen-bond acceptors (Lipinski definition) is 7. The van der Waals surface area contributed by atoms with Gasteiger partial charge >= 0.3 is 0 Å². The number of carbonyl (C=O) groups excluding carboxylic acids is 2. The molecule has 3 heterocycles. The lowest BCUT2D eigenvalue weighted by molar-refractivity contribution is -0.123. The van der Waals surface area contributed by atoms with E-state index in [9.17, 15) is 9.59 Å². The van der Waals surface area contributed by atoms with Gasteiger partial charge in [0.2, 0.25) is 11.9 Å². The fourth-order valence-corrected chi connectivity index (χ4v) is 4.15. The van der Waals surface area contributed by atoms with Crippen molar-refractivity contribution in [1.29, 1.82) is 0 Å². The molecule has 1 aromatic heterocycles. The van der Waals surface area contributed by atoms with Crippen molar-refractivity contribution in [3.8, 4) is 11.5 Å². The molecule has 2 aliphatic heterocycles. The van der Waals surface area contributed by atoms with E-state index in [2.05, 4.69) is 19.8 Å². The maximum absolute atomic E-state index is 13.1. The molecule has 32 heavy (non-hydrogen) atoms. The van der Waals surface area contributed by atoms with Crippen molar-refractivity contribution >= 4 is 23.5 Å². The minimum atomic E-state index is -0.429. The van der Waals surface area contributed by atoms with E-state index in [-0.39, 0.29) is 18.2 Å². The molecule has 2 saturated heterocycles. The summed E-state index contributed by atoms with van der Waals surface area (Å²) in [5, 5.41) is 0. The Kier molecular flexibility index (Phi) is 5.51. The van der Waals surface area contributed by atoms with Crippen LogP contribution in [-0.4, -0.2) is 58.9 Å². The number of aromatic nitrogens is 2. The number of rotatable bonds is 5. The van der Waals surface area contributed by atoms with Crippen LogP contribution in [0.3, 0.4) is 0 Å². The first-order chi connectivity index (χ1) is 15.7. The Labute approximate surface area is 186 Å². The molecule has 0 saturated carbocycles. The molecule has 0 aliphatic carbocycles. The van der Waals surface area contributed by atoms with Gasteiger partial charge in [0.25, 0.3) is 5.91 Å². The molecule has 2 amide bonds. The van der Waals surface area contributed by atoms with Crippen molar-refractivity contribution in [2.45, 2.75) is 12.5 Å². The van der Waals surface area contributed by atoms with Crippen molar-refractivity contribution in [3.05, 3.63) is 73.1 Å².